The van der Waals surface area contributed by atoms with E-state index >= 15 is 0 Å². The molecule has 198 valence electrons. The number of nitrogens with zero attached hydrogens (tertiary/aromatic N) is 2. The number of Topliss-reactive ketones (excluding diaryl/α,β-unsaturated/α-hetero) is 1. The van der Waals surface area contributed by atoms with E-state index in [4.69, 9.17) is 9.47 Å². The number of aromatic nitrogens is 2. The van der Waals surface area contributed by atoms with Crippen molar-refractivity contribution in [3.63, 3.8) is 0 Å². The SMILES string of the molecule is Cc1cn([C@H]2C[C@H](O)[C@@H](COP(=O)([O-])OP(=O)(O)O[C@H]3O[C@H](C)[C@@H](O)C(=O)[C@H]3O)O2)c(=O)nc1[O-].[Na+].[Na+]. The quantitative estimate of drug-likeness (QED) is 0.162. The first-order chi connectivity index (χ1) is 16.1. The van der Waals surface area contributed by atoms with Gasteiger partial charge in [-0.15, -0.1) is 0 Å². The predicted molar refractivity (Wildman–Crippen MR) is 104 cm³/mol. The number of aliphatic hydroxyl groups excluding tert-OH is 3. The molecule has 0 bridgehead atoms. The summed E-state index contributed by atoms with van der Waals surface area (Å²) in [6.45, 7) is 1.67. The molecule has 3 rings (SSSR count). The first-order valence-electron chi connectivity index (χ1n) is 9.94. The van der Waals surface area contributed by atoms with Crippen LogP contribution in [0.3, 0.4) is 0 Å². The summed E-state index contributed by atoms with van der Waals surface area (Å²) in [4.78, 5) is 48.6. The normalized spacial score (nSPS) is 33.1. The standard InChI is InChI=1S/C16H24N2O15P2.2Na/c1-6-4-18(16(24)17-14(6)23)10-3-8(19)9(31-10)5-29-34(25,26)33-35(27,28)32-15-13(22)12(21)11(20)7(2)30-15;;/h4,7-11,13,15,19-20,22H,3,5H2,1-2H3,(H,25,26)(H,27,28)(H,17,23,24);;/q;2*+1/p-2/t7-,8+,9-,10-,11-,13-,15-;;/m1../s1. The Bertz CT molecular complexity index is 1120. The predicted octanol–water partition coefficient (Wildman–Crippen LogP) is -9.06. The second kappa shape index (κ2) is 13.9. The molecule has 0 aliphatic carbocycles. The minimum absolute atomic E-state index is 0. The molecule has 2 fully saturated rings. The average Bonchev–Trinajstić information content (AvgIpc) is 3.11. The molecule has 4 N–H and O–H groups in total. The minimum atomic E-state index is -5.61. The van der Waals surface area contributed by atoms with E-state index in [1.807, 2.05) is 0 Å². The Morgan fingerprint density at radius 1 is 1.19 bits per heavy atom. The summed E-state index contributed by atoms with van der Waals surface area (Å²) in [5.74, 6) is -1.93. The van der Waals surface area contributed by atoms with Crippen LogP contribution in [0.2, 0.25) is 0 Å². The summed E-state index contributed by atoms with van der Waals surface area (Å²) in [7, 11) is -11.2. The Balaban J connectivity index is 0.00000342. The van der Waals surface area contributed by atoms with Crippen LogP contribution < -0.4 is 74.8 Å². The van der Waals surface area contributed by atoms with Crippen LogP contribution in [0.25, 0.3) is 0 Å². The van der Waals surface area contributed by atoms with Crippen LogP contribution in [-0.2, 0) is 36.8 Å². The van der Waals surface area contributed by atoms with E-state index in [1.54, 1.807) is 0 Å². The topological polar surface area (TPSA) is 259 Å². The average molecular weight is 590 g/mol. The van der Waals surface area contributed by atoms with Crippen molar-refractivity contribution in [3.05, 3.63) is 22.2 Å². The third kappa shape index (κ3) is 8.95. The third-order valence-electron chi connectivity index (χ3n) is 5.07. The fourth-order valence-corrected chi connectivity index (χ4v) is 5.35. The molecule has 0 spiro atoms. The van der Waals surface area contributed by atoms with Gasteiger partial charge in [-0.3, -0.25) is 18.5 Å². The van der Waals surface area contributed by atoms with Gasteiger partial charge >= 0.3 is 72.6 Å². The molecule has 9 atom stereocenters. The molecule has 3 heterocycles. The number of carbonyl (C=O) groups is 1. The molecule has 1 aromatic rings. The number of phosphoric ester groups is 2. The summed E-state index contributed by atoms with van der Waals surface area (Å²) in [6, 6.07) is 0. The summed E-state index contributed by atoms with van der Waals surface area (Å²) in [5, 5.41) is 40.8. The van der Waals surface area contributed by atoms with Crippen LogP contribution in [0, 0.1) is 6.92 Å². The van der Waals surface area contributed by atoms with Crippen LogP contribution in [0.15, 0.2) is 11.0 Å². The van der Waals surface area contributed by atoms with Crippen LogP contribution in [0.1, 0.15) is 25.1 Å². The van der Waals surface area contributed by atoms with Crippen molar-refractivity contribution >= 4 is 21.4 Å². The number of aryl methyl sites for hydroxylation is 1. The van der Waals surface area contributed by atoms with Gasteiger partial charge < -0.3 is 44.2 Å². The molecule has 2 unspecified atom stereocenters. The number of hydrogen-bond donors (Lipinski definition) is 4. The number of aliphatic hydroxyl groups is 3. The van der Waals surface area contributed by atoms with Gasteiger partial charge in [0, 0.05) is 12.6 Å². The molecule has 2 aliphatic rings. The summed E-state index contributed by atoms with van der Waals surface area (Å²) in [6.07, 6.45) is -10.2. The first kappa shape index (κ1) is 35.4. The van der Waals surface area contributed by atoms with Crippen molar-refractivity contribution in [1.29, 1.82) is 0 Å². The van der Waals surface area contributed by atoms with Crippen LogP contribution >= 0.6 is 15.6 Å². The van der Waals surface area contributed by atoms with Gasteiger partial charge in [0.1, 0.15) is 18.4 Å². The van der Waals surface area contributed by atoms with Gasteiger partial charge in [-0.2, -0.15) is 0 Å². The van der Waals surface area contributed by atoms with Crippen molar-refractivity contribution in [2.24, 2.45) is 0 Å². The van der Waals surface area contributed by atoms with Crippen LogP contribution in [0.4, 0.5) is 0 Å². The minimum Gasteiger partial charge on any atom is -0.858 e. The van der Waals surface area contributed by atoms with Crippen molar-refractivity contribution in [3.8, 4) is 5.88 Å². The van der Waals surface area contributed by atoms with Gasteiger partial charge in [0.05, 0.1) is 18.8 Å². The number of ketones is 1. The smallest absolute Gasteiger partial charge is 0.858 e. The third-order valence-corrected chi connectivity index (χ3v) is 7.64. The molecule has 1 aromatic heterocycles. The largest absolute Gasteiger partial charge is 1.00 e. The number of rotatable bonds is 8. The zero-order chi connectivity index (χ0) is 26.3. The molecule has 0 radical (unpaired) electrons. The maximum Gasteiger partial charge on any atom is 1.00 e. The fourth-order valence-electron chi connectivity index (χ4n) is 3.24. The second-order valence-corrected chi connectivity index (χ2v) is 10.7. The molecular formula is C16H22N2Na2O15P2. The fraction of sp³-hybridized carbons (Fsp3) is 0.688. The van der Waals surface area contributed by atoms with E-state index in [0.29, 0.717) is 0 Å². The summed E-state index contributed by atoms with van der Waals surface area (Å²) >= 11 is 0. The van der Waals surface area contributed by atoms with Crippen molar-refractivity contribution in [1.82, 2.24) is 9.55 Å². The maximum absolute atomic E-state index is 12.1. The molecular weight excluding hydrogens is 568 g/mol. The first-order valence-corrected chi connectivity index (χ1v) is 12.9. The Hall–Kier alpha value is 0.410. The Labute approximate surface area is 253 Å². The van der Waals surface area contributed by atoms with Gasteiger partial charge in [0.25, 0.3) is 7.82 Å². The van der Waals surface area contributed by atoms with E-state index in [2.05, 4.69) is 18.3 Å². The molecule has 0 amide bonds. The number of carbonyl (C=O) groups excluding carboxylic acids is 1. The zero-order valence-corrected chi connectivity index (χ0v) is 25.9. The van der Waals surface area contributed by atoms with Crippen molar-refractivity contribution in [2.75, 3.05) is 6.61 Å². The van der Waals surface area contributed by atoms with Gasteiger partial charge in [0.15, 0.2) is 11.9 Å². The zero-order valence-electron chi connectivity index (χ0n) is 20.1. The van der Waals surface area contributed by atoms with E-state index in [0.717, 1.165) is 10.8 Å². The monoisotopic (exact) mass is 590 g/mol. The van der Waals surface area contributed by atoms with E-state index < -0.39 is 82.6 Å². The number of hydrogen-bond acceptors (Lipinski definition) is 15. The van der Waals surface area contributed by atoms with E-state index in [1.165, 1.54) is 13.8 Å². The van der Waals surface area contributed by atoms with Gasteiger partial charge in [-0.25, -0.2) is 18.7 Å². The number of phosphoric acid groups is 2. The van der Waals surface area contributed by atoms with Crippen molar-refractivity contribution < 1.29 is 126 Å². The van der Waals surface area contributed by atoms with Gasteiger partial charge in [-0.1, -0.05) is 0 Å². The molecule has 17 nitrogen and oxygen atoms in total. The molecule has 0 saturated carbocycles. The Morgan fingerprint density at radius 3 is 2.43 bits per heavy atom. The second-order valence-electron chi connectivity index (χ2n) is 7.75. The Morgan fingerprint density at radius 2 is 1.81 bits per heavy atom. The number of ether oxygens (including phenoxy) is 2. The maximum atomic E-state index is 12.1. The van der Waals surface area contributed by atoms with E-state index in [9.17, 15) is 48.9 Å². The van der Waals surface area contributed by atoms with Crippen molar-refractivity contribution in [2.45, 2.75) is 63.3 Å². The molecule has 2 aliphatic heterocycles. The Kier molecular flexibility index (Phi) is 13.3. The molecule has 0 aromatic carbocycles. The molecule has 2 saturated heterocycles. The van der Waals surface area contributed by atoms with Gasteiger partial charge in [-0.05, 0) is 25.3 Å². The van der Waals surface area contributed by atoms with E-state index in [-0.39, 0.29) is 71.1 Å². The molecule has 37 heavy (non-hydrogen) atoms. The molecule has 21 heteroatoms. The van der Waals surface area contributed by atoms with Gasteiger partial charge in [0.2, 0.25) is 6.29 Å². The van der Waals surface area contributed by atoms with Crippen LogP contribution in [0.5, 0.6) is 5.88 Å². The summed E-state index contributed by atoms with van der Waals surface area (Å²) < 4.78 is 48.1. The van der Waals surface area contributed by atoms with Crippen LogP contribution in [-0.4, -0.2) is 79.0 Å². The summed E-state index contributed by atoms with van der Waals surface area (Å²) in [5.41, 5.74) is -0.834.